The van der Waals surface area contributed by atoms with E-state index in [0.717, 1.165) is 0 Å². The van der Waals surface area contributed by atoms with Gasteiger partial charge in [0.15, 0.2) is 6.10 Å². The minimum absolute atomic E-state index is 0.334. The van der Waals surface area contributed by atoms with Gasteiger partial charge in [-0.15, -0.1) is 0 Å². The van der Waals surface area contributed by atoms with Crippen LogP contribution in [0.25, 0.3) is 10.9 Å². The predicted molar refractivity (Wildman–Crippen MR) is 108 cm³/mol. The quantitative estimate of drug-likeness (QED) is 0.450. The van der Waals surface area contributed by atoms with Crippen LogP contribution in [0.5, 0.6) is 0 Å². The maximum atomic E-state index is 12.6. The summed E-state index contributed by atoms with van der Waals surface area (Å²) in [5, 5.41) is 3.24. The van der Waals surface area contributed by atoms with E-state index in [1.807, 2.05) is 6.07 Å². The molecule has 0 saturated carbocycles. The van der Waals surface area contributed by atoms with Crippen molar-refractivity contribution >= 4 is 40.2 Å². The molecule has 1 heterocycles. The maximum absolute atomic E-state index is 12.6. The second-order valence-electron chi connectivity index (χ2n) is 6.27. The average molecular weight is 416 g/mol. The van der Waals surface area contributed by atoms with Gasteiger partial charge in [0.25, 0.3) is 11.7 Å². The Morgan fingerprint density at radius 2 is 1.79 bits per heavy atom. The summed E-state index contributed by atoms with van der Waals surface area (Å²) in [5.74, 6) is -3.66. The fourth-order valence-corrected chi connectivity index (χ4v) is 3.22. The summed E-state index contributed by atoms with van der Waals surface area (Å²) >= 11 is 0.420. The van der Waals surface area contributed by atoms with Crippen LogP contribution in [-0.4, -0.2) is 28.7 Å². The Balaban J connectivity index is 1.67. The number of nitrogens with one attached hydrogen (secondary N) is 1. The third-order valence-corrected chi connectivity index (χ3v) is 4.79. The maximum Gasteiger partial charge on any atom is 0.339 e. The molecular weight excluding hydrogens is 398 g/mol. The lowest BCUT2D eigenvalue weighted by molar-refractivity contribution is -0.123. The number of aryl methyl sites for hydroxylation is 1. The lowest BCUT2D eigenvalue weighted by Gasteiger charge is -2.15. The van der Waals surface area contributed by atoms with Crippen LogP contribution in [0.2, 0.25) is 0 Å². The van der Waals surface area contributed by atoms with Crippen LogP contribution in [0.4, 0.5) is 14.5 Å². The van der Waals surface area contributed by atoms with Gasteiger partial charge in [-0.05, 0) is 50.2 Å². The zero-order valence-corrected chi connectivity index (χ0v) is 16.5. The number of esters is 1. The third-order valence-electron chi connectivity index (χ3n) is 4.06. The van der Waals surface area contributed by atoms with Crippen molar-refractivity contribution in [2.45, 2.75) is 30.6 Å². The number of halogens is 2. The number of hydrogen-bond donors (Lipinski definition) is 1. The molecule has 1 atom stereocenters. The number of ether oxygens (including phenoxy) is 1. The van der Waals surface area contributed by atoms with Gasteiger partial charge >= 0.3 is 5.97 Å². The molecule has 1 amide bonds. The molecule has 0 aliphatic rings. The number of anilines is 1. The van der Waals surface area contributed by atoms with Gasteiger partial charge in [-0.2, -0.15) is 8.78 Å². The highest BCUT2D eigenvalue weighted by molar-refractivity contribution is 7.99. The summed E-state index contributed by atoms with van der Waals surface area (Å²) in [7, 11) is 0. The van der Waals surface area contributed by atoms with Gasteiger partial charge in [0.2, 0.25) is 0 Å². The van der Waals surface area contributed by atoms with Gasteiger partial charge < -0.3 is 10.1 Å². The second kappa shape index (κ2) is 9.00. The summed E-state index contributed by atoms with van der Waals surface area (Å²) in [6.45, 7) is 3.24. The number of amides is 1. The number of benzene rings is 2. The first kappa shape index (κ1) is 20.7. The van der Waals surface area contributed by atoms with Crippen molar-refractivity contribution in [2.24, 2.45) is 0 Å². The summed E-state index contributed by atoms with van der Waals surface area (Å²) < 4.78 is 30.1. The van der Waals surface area contributed by atoms with Crippen molar-refractivity contribution in [3.05, 3.63) is 65.9 Å². The molecule has 29 heavy (non-hydrogen) atoms. The van der Waals surface area contributed by atoms with Crippen molar-refractivity contribution in [2.75, 3.05) is 5.32 Å². The van der Waals surface area contributed by atoms with E-state index < -0.39 is 23.7 Å². The molecule has 0 bridgehead atoms. The summed E-state index contributed by atoms with van der Waals surface area (Å²) in [6, 6.07) is 14.8. The SMILES string of the molecule is Cc1cc(C(=O)O[C@H](C)C(=O)Nc2ccc(SC(F)F)cc2)c2ccccc2n1. The van der Waals surface area contributed by atoms with Crippen LogP contribution in [0.15, 0.2) is 59.5 Å². The molecular formula is C21H18F2N2O3S. The van der Waals surface area contributed by atoms with Crippen molar-refractivity contribution in [3.8, 4) is 0 Å². The number of rotatable bonds is 6. The number of alkyl halides is 2. The lowest BCUT2D eigenvalue weighted by atomic mass is 10.1. The molecule has 2 aromatic carbocycles. The minimum atomic E-state index is -2.51. The van der Waals surface area contributed by atoms with Gasteiger partial charge in [-0.25, -0.2) is 4.79 Å². The van der Waals surface area contributed by atoms with Gasteiger partial charge in [0.1, 0.15) is 0 Å². The smallest absolute Gasteiger partial charge is 0.339 e. The number of thioether (sulfide) groups is 1. The van der Waals surface area contributed by atoms with Crippen LogP contribution >= 0.6 is 11.8 Å². The van der Waals surface area contributed by atoms with E-state index in [-0.39, 0.29) is 0 Å². The standard InChI is InChI=1S/C21H18F2N2O3S/c1-12-11-17(16-5-3-4-6-18(16)24-12)20(27)28-13(2)19(26)25-14-7-9-15(10-8-14)29-21(22)23/h3-11,13,21H,1-2H3,(H,25,26)/t13-/m1/s1. The first-order valence-corrected chi connectivity index (χ1v) is 9.64. The lowest BCUT2D eigenvalue weighted by Crippen LogP contribution is -2.30. The van der Waals surface area contributed by atoms with E-state index >= 15 is 0 Å². The average Bonchev–Trinajstić information content (AvgIpc) is 2.68. The van der Waals surface area contributed by atoms with Gasteiger partial charge in [0.05, 0.1) is 11.1 Å². The zero-order valence-electron chi connectivity index (χ0n) is 15.7. The Morgan fingerprint density at radius 1 is 1.10 bits per heavy atom. The number of nitrogens with zero attached hydrogens (tertiary/aromatic N) is 1. The number of hydrogen-bond acceptors (Lipinski definition) is 5. The molecule has 0 spiro atoms. The first-order chi connectivity index (χ1) is 13.8. The normalized spacial score (nSPS) is 12.0. The Bertz CT molecular complexity index is 1040. The fraction of sp³-hybridized carbons (Fsp3) is 0.190. The van der Waals surface area contributed by atoms with E-state index in [1.54, 1.807) is 31.2 Å². The molecule has 1 N–H and O–H groups in total. The predicted octanol–water partition coefficient (Wildman–Crippen LogP) is 5.04. The van der Waals surface area contributed by atoms with E-state index in [4.69, 9.17) is 4.74 Å². The van der Waals surface area contributed by atoms with Crippen molar-refractivity contribution in [1.29, 1.82) is 0 Å². The number of pyridine rings is 1. The topological polar surface area (TPSA) is 68.3 Å². The van der Waals surface area contributed by atoms with E-state index in [2.05, 4.69) is 10.3 Å². The number of para-hydroxylation sites is 1. The Hall–Kier alpha value is -3.00. The molecule has 0 fully saturated rings. The molecule has 8 heteroatoms. The monoisotopic (exact) mass is 416 g/mol. The van der Waals surface area contributed by atoms with Crippen molar-refractivity contribution < 1.29 is 23.1 Å². The number of carbonyl (C=O) groups excluding carboxylic acids is 2. The first-order valence-electron chi connectivity index (χ1n) is 8.76. The molecule has 3 rings (SSSR count). The fourth-order valence-electron chi connectivity index (χ4n) is 2.72. The van der Waals surface area contributed by atoms with Crippen LogP contribution in [-0.2, 0) is 9.53 Å². The largest absolute Gasteiger partial charge is 0.449 e. The van der Waals surface area contributed by atoms with E-state index in [9.17, 15) is 18.4 Å². The Morgan fingerprint density at radius 3 is 2.48 bits per heavy atom. The number of fused-ring (bicyclic) bond motifs is 1. The van der Waals surface area contributed by atoms with Gasteiger partial charge in [0, 0.05) is 21.7 Å². The van der Waals surface area contributed by atoms with E-state index in [0.29, 0.717) is 44.5 Å². The summed E-state index contributed by atoms with van der Waals surface area (Å²) in [6.07, 6.45) is -1.05. The Labute approximate surface area is 170 Å². The molecule has 3 aromatic rings. The van der Waals surface area contributed by atoms with Crippen molar-refractivity contribution in [1.82, 2.24) is 4.98 Å². The molecule has 150 valence electrons. The van der Waals surface area contributed by atoms with Crippen molar-refractivity contribution in [3.63, 3.8) is 0 Å². The minimum Gasteiger partial charge on any atom is -0.449 e. The molecule has 0 radical (unpaired) electrons. The molecule has 0 aliphatic carbocycles. The number of carbonyl (C=O) groups is 2. The molecule has 0 unspecified atom stereocenters. The summed E-state index contributed by atoms with van der Waals surface area (Å²) in [4.78, 5) is 29.7. The molecule has 0 aliphatic heterocycles. The van der Waals surface area contributed by atoms with Gasteiger partial charge in [-0.1, -0.05) is 30.0 Å². The second-order valence-corrected chi connectivity index (χ2v) is 7.33. The Kier molecular flexibility index (Phi) is 6.43. The van der Waals surface area contributed by atoms with Gasteiger partial charge in [-0.3, -0.25) is 9.78 Å². The van der Waals surface area contributed by atoms with Crippen LogP contribution < -0.4 is 5.32 Å². The highest BCUT2D eigenvalue weighted by atomic mass is 32.2. The molecule has 1 aromatic heterocycles. The molecule has 0 saturated heterocycles. The number of aromatic nitrogens is 1. The third kappa shape index (κ3) is 5.29. The molecule has 5 nitrogen and oxygen atoms in total. The van der Waals surface area contributed by atoms with Crippen LogP contribution in [0.3, 0.4) is 0 Å². The summed E-state index contributed by atoms with van der Waals surface area (Å²) in [5.41, 5.74) is 2.08. The highest BCUT2D eigenvalue weighted by Gasteiger charge is 2.21. The zero-order chi connectivity index (χ0) is 21.0. The van der Waals surface area contributed by atoms with E-state index in [1.165, 1.54) is 31.2 Å². The highest BCUT2D eigenvalue weighted by Crippen LogP contribution is 2.26. The van der Waals surface area contributed by atoms with Crippen LogP contribution in [0.1, 0.15) is 23.0 Å². The van der Waals surface area contributed by atoms with Crippen LogP contribution in [0, 0.1) is 6.92 Å².